The molecule has 0 saturated carbocycles. The molecule has 2 rings (SSSR count). The van der Waals surface area contributed by atoms with Gasteiger partial charge in [-0.1, -0.05) is 23.7 Å². The molecule has 1 aromatic carbocycles. The summed E-state index contributed by atoms with van der Waals surface area (Å²) in [4.78, 5) is 16.0. The van der Waals surface area contributed by atoms with Crippen LogP contribution in [-0.4, -0.2) is 22.3 Å². The predicted octanol–water partition coefficient (Wildman–Crippen LogP) is 2.91. The SMILES string of the molecule is CCOC(=O)NC(c1ccc(Cl)cc1)c1nccn1C. The van der Waals surface area contributed by atoms with E-state index in [2.05, 4.69) is 10.3 Å². The lowest BCUT2D eigenvalue weighted by molar-refractivity contribution is 0.149. The number of hydrogen-bond donors (Lipinski definition) is 1. The fourth-order valence-electron chi connectivity index (χ4n) is 1.90. The van der Waals surface area contributed by atoms with E-state index >= 15 is 0 Å². The van der Waals surface area contributed by atoms with Gasteiger partial charge in [0, 0.05) is 24.5 Å². The molecule has 1 atom stereocenters. The van der Waals surface area contributed by atoms with Crippen LogP contribution in [0.25, 0.3) is 0 Å². The van der Waals surface area contributed by atoms with Crippen molar-refractivity contribution in [3.63, 3.8) is 0 Å². The monoisotopic (exact) mass is 293 g/mol. The number of alkyl carbamates (subject to hydrolysis) is 1. The number of amides is 1. The van der Waals surface area contributed by atoms with Crippen LogP contribution in [0.4, 0.5) is 4.79 Å². The molecule has 0 bridgehead atoms. The summed E-state index contributed by atoms with van der Waals surface area (Å²) in [6.45, 7) is 2.08. The Bertz CT molecular complexity index is 580. The summed E-state index contributed by atoms with van der Waals surface area (Å²) in [6, 6.07) is 6.88. The molecule has 1 amide bonds. The first-order chi connectivity index (χ1) is 9.61. The van der Waals surface area contributed by atoms with E-state index in [0.717, 1.165) is 11.4 Å². The maximum absolute atomic E-state index is 11.7. The number of carbonyl (C=O) groups excluding carboxylic acids is 1. The number of hydrogen-bond acceptors (Lipinski definition) is 3. The molecule has 0 aliphatic rings. The van der Waals surface area contributed by atoms with Crippen LogP contribution in [0.15, 0.2) is 36.7 Å². The van der Waals surface area contributed by atoms with Crippen molar-refractivity contribution in [2.75, 3.05) is 6.61 Å². The van der Waals surface area contributed by atoms with Gasteiger partial charge in [0.1, 0.15) is 11.9 Å². The van der Waals surface area contributed by atoms with Crippen LogP contribution >= 0.6 is 11.6 Å². The first kappa shape index (κ1) is 14.4. The normalized spacial score (nSPS) is 11.9. The summed E-state index contributed by atoms with van der Waals surface area (Å²) < 4.78 is 6.80. The molecule has 2 aromatic rings. The summed E-state index contributed by atoms with van der Waals surface area (Å²) in [5.41, 5.74) is 0.886. The Hall–Kier alpha value is -2.01. The highest BCUT2D eigenvalue weighted by atomic mass is 35.5. The van der Waals surface area contributed by atoms with E-state index in [9.17, 15) is 4.79 Å². The summed E-state index contributed by atoms with van der Waals surface area (Å²) in [5.74, 6) is 0.723. The Morgan fingerprint density at radius 1 is 1.45 bits per heavy atom. The second-order valence-corrected chi connectivity index (χ2v) is 4.68. The van der Waals surface area contributed by atoms with Gasteiger partial charge in [-0.3, -0.25) is 0 Å². The van der Waals surface area contributed by atoms with Gasteiger partial charge in [-0.15, -0.1) is 0 Å². The lowest BCUT2D eigenvalue weighted by Gasteiger charge is -2.18. The Kier molecular flexibility index (Phi) is 4.63. The van der Waals surface area contributed by atoms with Crippen molar-refractivity contribution in [1.29, 1.82) is 0 Å². The molecule has 0 aliphatic heterocycles. The third-order valence-corrected chi connectivity index (χ3v) is 3.11. The first-order valence-corrected chi connectivity index (χ1v) is 6.65. The summed E-state index contributed by atoms with van der Waals surface area (Å²) in [5, 5.41) is 3.45. The van der Waals surface area contributed by atoms with E-state index in [0.29, 0.717) is 11.6 Å². The van der Waals surface area contributed by atoms with E-state index in [4.69, 9.17) is 16.3 Å². The molecule has 0 fully saturated rings. The highest BCUT2D eigenvalue weighted by Gasteiger charge is 2.21. The number of nitrogens with zero attached hydrogens (tertiary/aromatic N) is 2. The van der Waals surface area contributed by atoms with E-state index < -0.39 is 6.09 Å². The van der Waals surface area contributed by atoms with Crippen LogP contribution in [0.1, 0.15) is 24.4 Å². The Morgan fingerprint density at radius 3 is 2.70 bits per heavy atom. The summed E-state index contributed by atoms with van der Waals surface area (Å²) in [7, 11) is 1.87. The van der Waals surface area contributed by atoms with Crippen molar-refractivity contribution in [1.82, 2.24) is 14.9 Å². The van der Waals surface area contributed by atoms with Gasteiger partial charge < -0.3 is 14.6 Å². The van der Waals surface area contributed by atoms with E-state index in [1.54, 1.807) is 25.3 Å². The third kappa shape index (κ3) is 3.30. The number of ether oxygens (including phenoxy) is 1. The molecule has 1 N–H and O–H groups in total. The van der Waals surface area contributed by atoms with Gasteiger partial charge >= 0.3 is 6.09 Å². The highest BCUT2D eigenvalue weighted by molar-refractivity contribution is 6.30. The number of imidazole rings is 1. The van der Waals surface area contributed by atoms with Gasteiger partial charge in [0.2, 0.25) is 0 Å². The topological polar surface area (TPSA) is 56.1 Å². The Morgan fingerprint density at radius 2 is 2.15 bits per heavy atom. The van der Waals surface area contributed by atoms with Gasteiger partial charge in [0.25, 0.3) is 0 Å². The van der Waals surface area contributed by atoms with Crippen LogP contribution in [0.2, 0.25) is 5.02 Å². The predicted molar refractivity (Wildman–Crippen MR) is 76.7 cm³/mol. The van der Waals surface area contributed by atoms with Gasteiger partial charge in [0.15, 0.2) is 0 Å². The molecule has 106 valence electrons. The van der Waals surface area contributed by atoms with Crippen molar-refractivity contribution < 1.29 is 9.53 Å². The van der Waals surface area contributed by atoms with Crippen LogP contribution in [0.5, 0.6) is 0 Å². The number of carbonyl (C=O) groups is 1. The van der Waals surface area contributed by atoms with E-state index in [1.807, 2.05) is 29.9 Å². The highest BCUT2D eigenvalue weighted by Crippen LogP contribution is 2.22. The minimum absolute atomic E-state index is 0.319. The Labute approximate surface area is 122 Å². The average molecular weight is 294 g/mol. The van der Waals surface area contributed by atoms with Crippen molar-refractivity contribution >= 4 is 17.7 Å². The fourth-order valence-corrected chi connectivity index (χ4v) is 2.02. The van der Waals surface area contributed by atoms with Crippen LogP contribution in [0.3, 0.4) is 0 Å². The molecule has 0 saturated heterocycles. The largest absolute Gasteiger partial charge is 0.450 e. The quantitative estimate of drug-likeness (QED) is 0.943. The minimum atomic E-state index is -0.476. The minimum Gasteiger partial charge on any atom is -0.450 e. The van der Waals surface area contributed by atoms with Crippen molar-refractivity contribution in [2.24, 2.45) is 7.05 Å². The van der Waals surface area contributed by atoms with Crippen molar-refractivity contribution in [3.8, 4) is 0 Å². The molecular weight excluding hydrogens is 278 g/mol. The van der Waals surface area contributed by atoms with Gasteiger partial charge in [-0.25, -0.2) is 9.78 Å². The van der Waals surface area contributed by atoms with E-state index in [1.165, 1.54) is 0 Å². The van der Waals surface area contributed by atoms with Crippen molar-refractivity contribution in [3.05, 3.63) is 53.1 Å². The number of aryl methyl sites for hydroxylation is 1. The second kappa shape index (κ2) is 6.43. The Balaban J connectivity index is 2.31. The molecule has 5 nitrogen and oxygen atoms in total. The van der Waals surface area contributed by atoms with Crippen LogP contribution < -0.4 is 5.32 Å². The molecular formula is C14H16ClN3O2. The lowest BCUT2D eigenvalue weighted by atomic mass is 10.1. The zero-order valence-electron chi connectivity index (χ0n) is 11.3. The summed E-state index contributed by atoms with van der Waals surface area (Å²) >= 11 is 5.90. The lowest BCUT2D eigenvalue weighted by Crippen LogP contribution is -2.31. The maximum atomic E-state index is 11.7. The summed E-state index contributed by atoms with van der Waals surface area (Å²) in [6.07, 6.45) is 3.03. The standard InChI is InChI=1S/C14H16ClN3O2/c1-3-20-14(19)17-12(13-16-8-9-18(13)2)10-4-6-11(15)7-5-10/h4-9,12H,3H2,1-2H3,(H,17,19). The van der Waals surface area contributed by atoms with Crippen LogP contribution in [0, 0.1) is 0 Å². The molecule has 6 heteroatoms. The second-order valence-electron chi connectivity index (χ2n) is 4.25. The zero-order valence-corrected chi connectivity index (χ0v) is 12.1. The molecule has 0 spiro atoms. The number of benzene rings is 1. The van der Waals surface area contributed by atoms with Gasteiger partial charge in [0.05, 0.1) is 6.61 Å². The fraction of sp³-hybridized carbons (Fsp3) is 0.286. The maximum Gasteiger partial charge on any atom is 0.407 e. The van der Waals surface area contributed by atoms with Crippen molar-refractivity contribution in [2.45, 2.75) is 13.0 Å². The molecule has 1 aromatic heterocycles. The van der Waals surface area contributed by atoms with E-state index in [-0.39, 0.29) is 6.04 Å². The smallest absolute Gasteiger partial charge is 0.407 e. The number of aromatic nitrogens is 2. The molecule has 0 aliphatic carbocycles. The molecule has 1 unspecified atom stereocenters. The van der Waals surface area contributed by atoms with Gasteiger partial charge in [-0.05, 0) is 24.6 Å². The number of nitrogens with one attached hydrogen (secondary N) is 1. The number of halogens is 1. The third-order valence-electron chi connectivity index (χ3n) is 2.86. The molecule has 20 heavy (non-hydrogen) atoms. The van der Waals surface area contributed by atoms with Crippen LogP contribution in [-0.2, 0) is 11.8 Å². The zero-order chi connectivity index (χ0) is 14.5. The number of rotatable bonds is 4. The first-order valence-electron chi connectivity index (χ1n) is 6.27. The van der Waals surface area contributed by atoms with Gasteiger partial charge in [-0.2, -0.15) is 0 Å². The molecule has 0 radical (unpaired) electrons. The molecule has 1 heterocycles. The average Bonchev–Trinajstić information content (AvgIpc) is 2.84.